The van der Waals surface area contributed by atoms with Crippen LogP contribution in [0.15, 0.2) is 71.5 Å². The Hall–Kier alpha value is -2.66. The number of aryl methyl sites for hydroxylation is 1. The van der Waals surface area contributed by atoms with Crippen molar-refractivity contribution in [3.63, 3.8) is 0 Å². The van der Waals surface area contributed by atoms with Gasteiger partial charge in [-0.1, -0.05) is 35.0 Å². The van der Waals surface area contributed by atoms with E-state index < -0.39 is 0 Å². The maximum atomic E-state index is 12.4. The Bertz CT molecular complexity index is 861. The quantitative estimate of drug-likeness (QED) is 0.607. The second-order valence-electron chi connectivity index (χ2n) is 5.60. The van der Waals surface area contributed by atoms with Crippen LogP contribution in [-0.2, 0) is 6.42 Å². The molecule has 0 saturated heterocycles. The number of carbonyl (C=O) groups excluding carboxylic acids is 1. The van der Waals surface area contributed by atoms with Gasteiger partial charge in [-0.25, -0.2) is 0 Å². The van der Waals surface area contributed by atoms with Crippen molar-refractivity contribution in [2.75, 3.05) is 10.6 Å². The molecule has 0 aliphatic rings. The van der Waals surface area contributed by atoms with Gasteiger partial charge in [0, 0.05) is 22.0 Å². The second-order valence-corrected chi connectivity index (χ2v) is 6.51. The fourth-order valence-corrected chi connectivity index (χ4v) is 2.62. The number of amides is 1. The summed E-state index contributed by atoms with van der Waals surface area (Å²) in [4.78, 5) is 16.6. The first-order valence-corrected chi connectivity index (χ1v) is 8.81. The molecule has 3 rings (SSSR count). The molecule has 2 N–H and O–H groups in total. The molecule has 1 heterocycles. The third-order valence-corrected chi connectivity index (χ3v) is 4.28. The molecule has 2 aromatic carbocycles. The lowest BCUT2D eigenvalue weighted by atomic mass is 10.1. The molecule has 4 nitrogen and oxygen atoms in total. The summed E-state index contributed by atoms with van der Waals surface area (Å²) in [7, 11) is 0. The monoisotopic (exact) mass is 395 g/mol. The van der Waals surface area contributed by atoms with Gasteiger partial charge in [0.1, 0.15) is 0 Å². The summed E-state index contributed by atoms with van der Waals surface area (Å²) >= 11 is 3.41. The lowest BCUT2D eigenvalue weighted by Gasteiger charge is -2.09. The van der Waals surface area contributed by atoms with Gasteiger partial charge in [-0.05, 0) is 54.4 Å². The standard InChI is InChI=1S/C20H18BrN3O/c1-2-14-3-7-18(8-4-14)24-20(25)15-11-19(13-22-12-15)23-17-9-5-16(21)6-10-17/h3-13,23H,2H2,1H3,(H,24,25). The average Bonchev–Trinajstić information content (AvgIpc) is 2.64. The maximum absolute atomic E-state index is 12.4. The smallest absolute Gasteiger partial charge is 0.257 e. The second kappa shape index (κ2) is 7.94. The van der Waals surface area contributed by atoms with Crippen molar-refractivity contribution in [3.05, 3.63) is 82.6 Å². The van der Waals surface area contributed by atoms with Crippen LogP contribution in [0.2, 0.25) is 0 Å². The average molecular weight is 396 g/mol. The molecule has 0 aliphatic heterocycles. The highest BCUT2D eigenvalue weighted by atomic mass is 79.9. The molecule has 0 spiro atoms. The molecule has 5 heteroatoms. The molecule has 0 bridgehead atoms. The van der Waals surface area contributed by atoms with Crippen molar-refractivity contribution >= 4 is 38.9 Å². The SMILES string of the molecule is CCc1ccc(NC(=O)c2cncc(Nc3ccc(Br)cc3)c2)cc1. The van der Waals surface area contributed by atoms with Crippen LogP contribution in [0, 0.1) is 0 Å². The fraction of sp³-hybridized carbons (Fsp3) is 0.100. The highest BCUT2D eigenvalue weighted by Gasteiger charge is 2.08. The Morgan fingerprint density at radius 1 is 0.960 bits per heavy atom. The predicted octanol–water partition coefficient (Wildman–Crippen LogP) is 5.40. The van der Waals surface area contributed by atoms with Gasteiger partial charge in [0.05, 0.1) is 17.4 Å². The van der Waals surface area contributed by atoms with Crippen molar-refractivity contribution in [2.24, 2.45) is 0 Å². The van der Waals surface area contributed by atoms with E-state index >= 15 is 0 Å². The van der Waals surface area contributed by atoms with Crippen LogP contribution in [0.5, 0.6) is 0 Å². The zero-order chi connectivity index (χ0) is 17.6. The summed E-state index contributed by atoms with van der Waals surface area (Å²) in [5.41, 5.74) is 4.20. The molecule has 0 aliphatic carbocycles. The molecule has 0 fully saturated rings. The van der Waals surface area contributed by atoms with Crippen LogP contribution in [-0.4, -0.2) is 10.9 Å². The lowest BCUT2D eigenvalue weighted by molar-refractivity contribution is 0.102. The van der Waals surface area contributed by atoms with E-state index in [1.807, 2.05) is 48.5 Å². The third-order valence-electron chi connectivity index (χ3n) is 3.75. The van der Waals surface area contributed by atoms with E-state index in [0.717, 1.165) is 28.0 Å². The number of halogens is 1. The van der Waals surface area contributed by atoms with Crippen molar-refractivity contribution < 1.29 is 4.79 Å². The molecule has 1 aromatic heterocycles. The first-order valence-electron chi connectivity index (χ1n) is 8.02. The Morgan fingerprint density at radius 2 is 1.64 bits per heavy atom. The van der Waals surface area contributed by atoms with Crippen LogP contribution in [0.4, 0.5) is 17.1 Å². The largest absolute Gasteiger partial charge is 0.354 e. The van der Waals surface area contributed by atoms with Gasteiger partial charge in [0.15, 0.2) is 0 Å². The molecular formula is C20H18BrN3O. The number of hydrogen-bond acceptors (Lipinski definition) is 3. The predicted molar refractivity (Wildman–Crippen MR) is 105 cm³/mol. The Labute approximate surface area is 155 Å². The van der Waals surface area contributed by atoms with Gasteiger partial charge in [0.2, 0.25) is 0 Å². The highest BCUT2D eigenvalue weighted by molar-refractivity contribution is 9.10. The number of nitrogens with zero attached hydrogens (tertiary/aromatic N) is 1. The molecule has 0 saturated carbocycles. The van der Waals surface area contributed by atoms with Crippen LogP contribution < -0.4 is 10.6 Å². The summed E-state index contributed by atoms with van der Waals surface area (Å²) < 4.78 is 1.01. The lowest BCUT2D eigenvalue weighted by Crippen LogP contribution is -2.12. The first-order chi connectivity index (χ1) is 12.1. The van der Waals surface area contributed by atoms with Crippen LogP contribution in [0.1, 0.15) is 22.8 Å². The van der Waals surface area contributed by atoms with Crippen LogP contribution >= 0.6 is 15.9 Å². The van der Waals surface area contributed by atoms with Gasteiger partial charge in [-0.15, -0.1) is 0 Å². The summed E-state index contributed by atoms with van der Waals surface area (Å²) in [6, 6.07) is 17.4. The number of hydrogen-bond donors (Lipinski definition) is 2. The van der Waals surface area contributed by atoms with E-state index in [1.165, 1.54) is 5.56 Å². The fourth-order valence-electron chi connectivity index (χ4n) is 2.36. The van der Waals surface area contributed by atoms with Crippen LogP contribution in [0.3, 0.4) is 0 Å². The molecular weight excluding hydrogens is 378 g/mol. The Kier molecular flexibility index (Phi) is 5.46. The molecule has 0 atom stereocenters. The van der Waals surface area contributed by atoms with E-state index in [2.05, 4.69) is 38.5 Å². The minimum atomic E-state index is -0.184. The zero-order valence-corrected chi connectivity index (χ0v) is 15.4. The topological polar surface area (TPSA) is 54.0 Å². The number of aromatic nitrogens is 1. The summed E-state index contributed by atoms with van der Waals surface area (Å²) in [5, 5.41) is 6.14. The molecule has 0 radical (unpaired) electrons. The zero-order valence-electron chi connectivity index (χ0n) is 13.8. The molecule has 1 amide bonds. The van der Waals surface area contributed by atoms with Gasteiger partial charge in [-0.2, -0.15) is 0 Å². The van der Waals surface area contributed by atoms with Crippen molar-refractivity contribution in [1.29, 1.82) is 0 Å². The number of rotatable bonds is 5. The van der Waals surface area contributed by atoms with E-state index in [-0.39, 0.29) is 5.91 Å². The Balaban J connectivity index is 1.71. The minimum Gasteiger partial charge on any atom is -0.354 e. The molecule has 3 aromatic rings. The van der Waals surface area contributed by atoms with Gasteiger partial charge < -0.3 is 10.6 Å². The third kappa shape index (κ3) is 4.67. The number of pyridine rings is 1. The number of anilines is 3. The van der Waals surface area contributed by atoms with Crippen molar-refractivity contribution in [1.82, 2.24) is 4.98 Å². The van der Waals surface area contributed by atoms with Gasteiger partial charge in [-0.3, -0.25) is 9.78 Å². The maximum Gasteiger partial charge on any atom is 0.257 e. The van der Waals surface area contributed by atoms with Crippen molar-refractivity contribution in [3.8, 4) is 0 Å². The van der Waals surface area contributed by atoms with Gasteiger partial charge >= 0.3 is 0 Å². The highest BCUT2D eigenvalue weighted by Crippen LogP contribution is 2.20. The normalized spacial score (nSPS) is 10.3. The first kappa shape index (κ1) is 17.2. The van der Waals surface area contributed by atoms with E-state index in [1.54, 1.807) is 18.5 Å². The van der Waals surface area contributed by atoms with E-state index in [9.17, 15) is 4.79 Å². The molecule has 126 valence electrons. The number of benzene rings is 2. The summed E-state index contributed by atoms with van der Waals surface area (Å²) in [6.45, 7) is 2.10. The molecule has 0 unspecified atom stereocenters. The van der Waals surface area contributed by atoms with Gasteiger partial charge in [0.25, 0.3) is 5.91 Å². The summed E-state index contributed by atoms with van der Waals surface area (Å²) in [5.74, 6) is -0.184. The molecule has 25 heavy (non-hydrogen) atoms. The number of carbonyl (C=O) groups is 1. The Morgan fingerprint density at radius 3 is 2.32 bits per heavy atom. The number of nitrogens with one attached hydrogen (secondary N) is 2. The van der Waals surface area contributed by atoms with Crippen LogP contribution in [0.25, 0.3) is 0 Å². The van der Waals surface area contributed by atoms with Crippen molar-refractivity contribution in [2.45, 2.75) is 13.3 Å². The van der Waals surface area contributed by atoms with E-state index in [4.69, 9.17) is 0 Å². The minimum absolute atomic E-state index is 0.184. The van der Waals surface area contributed by atoms with E-state index in [0.29, 0.717) is 5.56 Å². The summed E-state index contributed by atoms with van der Waals surface area (Å²) in [6.07, 6.45) is 4.22.